The summed E-state index contributed by atoms with van der Waals surface area (Å²) >= 11 is 3.42. The highest BCUT2D eigenvalue weighted by molar-refractivity contribution is 9.10. The molecule has 0 fully saturated rings. The van der Waals surface area contributed by atoms with Crippen LogP contribution in [0.15, 0.2) is 35.1 Å². The summed E-state index contributed by atoms with van der Waals surface area (Å²) < 4.78 is 8.58. The van der Waals surface area contributed by atoms with E-state index in [4.69, 9.17) is 4.74 Å². The molecule has 1 aromatic heterocycles. The molecule has 0 saturated heterocycles. The first-order valence-corrected chi connectivity index (χ1v) is 7.43. The van der Waals surface area contributed by atoms with Gasteiger partial charge in [-0.15, -0.1) is 0 Å². The number of ether oxygens (including phenoxy) is 1. The van der Waals surface area contributed by atoms with Crippen molar-refractivity contribution in [3.05, 3.63) is 40.9 Å². The standard InChI is InChI=1S/C14H19BrN4O/c1-11(2)16-9-14-17-10-18-19(14)6-7-20-13-5-3-4-12(15)8-13/h3-5,8,10-11,16H,6-7,9H2,1-2H3. The molecule has 2 rings (SSSR count). The molecule has 0 unspecified atom stereocenters. The quantitative estimate of drug-likeness (QED) is 0.843. The first-order valence-electron chi connectivity index (χ1n) is 6.63. The molecule has 1 N–H and O–H groups in total. The van der Waals surface area contributed by atoms with E-state index < -0.39 is 0 Å². The molecule has 0 spiro atoms. The number of nitrogens with one attached hydrogen (secondary N) is 1. The van der Waals surface area contributed by atoms with Gasteiger partial charge in [-0.1, -0.05) is 35.8 Å². The van der Waals surface area contributed by atoms with E-state index >= 15 is 0 Å². The number of rotatable bonds is 7. The van der Waals surface area contributed by atoms with Gasteiger partial charge < -0.3 is 10.1 Å². The molecule has 0 bridgehead atoms. The van der Waals surface area contributed by atoms with Gasteiger partial charge in [-0.25, -0.2) is 9.67 Å². The zero-order valence-corrected chi connectivity index (χ0v) is 13.3. The van der Waals surface area contributed by atoms with Crippen LogP contribution in [0, 0.1) is 0 Å². The van der Waals surface area contributed by atoms with Crippen LogP contribution in [0.2, 0.25) is 0 Å². The predicted molar refractivity (Wildman–Crippen MR) is 81.6 cm³/mol. The molecular formula is C14H19BrN4O. The van der Waals surface area contributed by atoms with E-state index in [-0.39, 0.29) is 0 Å². The van der Waals surface area contributed by atoms with Crippen LogP contribution in [0.1, 0.15) is 19.7 Å². The van der Waals surface area contributed by atoms with Gasteiger partial charge in [-0.3, -0.25) is 0 Å². The zero-order chi connectivity index (χ0) is 14.4. The lowest BCUT2D eigenvalue weighted by molar-refractivity contribution is 0.287. The maximum Gasteiger partial charge on any atom is 0.140 e. The Morgan fingerprint density at radius 1 is 1.40 bits per heavy atom. The van der Waals surface area contributed by atoms with E-state index in [0.717, 1.165) is 16.0 Å². The van der Waals surface area contributed by atoms with Gasteiger partial charge in [0.05, 0.1) is 13.1 Å². The molecule has 20 heavy (non-hydrogen) atoms. The second kappa shape index (κ2) is 7.40. The molecule has 0 radical (unpaired) electrons. The van der Waals surface area contributed by atoms with Crippen molar-refractivity contribution in [3.63, 3.8) is 0 Å². The van der Waals surface area contributed by atoms with Gasteiger partial charge in [0, 0.05) is 10.5 Å². The topological polar surface area (TPSA) is 52.0 Å². The molecular weight excluding hydrogens is 320 g/mol. The molecule has 0 saturated carbocycles. The SMILES string of the molecule is CC(C)NCc1ncnn1CCOc1cccc(Br)c1. The molecule has 0 aliphatic heterocycles. The highest BCUT2D eigenvalue weighted by atomic mass is 79.9. The molecule has 0 amide bonds. The van der Waals surface area contributed by atoms with Crippen LogP contribution in [0.4, 0.5) is 0 Å². The first-order chi connectivity index (χ1) is 9.65. The lowest BCUT2D eigenvalue weighted by Gasteiger charge is -2.10. The minimum Gasteiger partial charge on any atom is -0.492 e. The third kappa shape index (κ3) is 4.61. The van der Waals surface area contributed by atoms with Gasteiger partial charge in [0.1, 0.15) is 24.5 Å². The normalized spacial score (nSPS) is 11.0. The van der Waals surface area contributed by atoms with Crippen LogP contribution in [0.3, 0.4) is 0 Å². The van der Waals surface area contributed by atoms with Gasteiger partial charge in [-0.2, -0.15) is 5.10 Å². The molecule has 0 aliphatic rings. The number of aromatic nitrogens is 3. The molecule has 5 nitrogen and oxygen atoms in total. The number of hydrogen-bond donors (Lipinski definition) is 1. The number of nitrogens with zero attached hydrogens (tertiary/aromatic N) is 3. The summed E-state index contributed by atoms with van der Waals surface area (Å²) in [6.45, 7) is 6.18. The van der Waals surface area contributed by atoms with Crippen LogP contribution in [0.25, 0.3) is 0 Å². The van der Waals surface area contributed by atoms with E-state index in [1.54, 1.807) is 6.33 Å². The van der Waals surface area contributed by atoms with Gasteiger partial charge in [0.2, 0.25) is 0 Å². The Morgan fingerprint density at radius 2 is 2.25 bits per heavy atom. The van der Waals surface area contributed by atoms with Crippen LogP contribution in [-0.2, 0) is 13.1 Å². The molecule has 108 valence electrons. The molecule has 6 heteroatoms. The third-order valence-corrected chi connectivity index (χ3v) is 3.23. The monoisotopic (exact) mass is 338 g/mol. The molecule has 2 aromatic rings. The molecule has 1 heterocycles. The largest absolute Gasteiger partial charge is 0.492 e. The fraction of sp³-hybridized carbons (Fsp3) is 0.429. The van der Waals surface area contributed by atoms with Gasteiger partial charge >= 0.3 is 0 Å². The van der Waals surface area contributed by atoms with E-state index in [1.165, 1.54) is 0 Å². The van der Waals surface area contributed by atoms with E-state index in [1.807, 2.05) is 28.9 Å². The van der Waals surface area contributed by atoms with Crippen molar-refractivity contribution in [2.75, 3.05) is 6.61 Å². The average Bonchev–Trinajstić information content (AvgIpc) is 2.84. The van der Waals surface area contributed by atoms with Gasteiger partial charge in [0.25, 0.3) is 0 Å². The Kier molecular flexibility index (Phi) is 5.55. The van der Waals surface area contributed by atoms with E-state index in [2.05, 4.69) is 45.2 Å². The summed E-state index contributed by atoms with van der Waals surface area (Å²) in [7, 11) is 0. The van der Waals surface area contributed by atoms with Crippen molar-refractivity contribution in [3.8, 4) is 5.75 Å². The second-order valence-corrected chi connectivity index (χ2v) is 5.66. The lowest BCUT2D eigenvalue weighted by Crippen LogP contribution is -2.25. The van der Waals surface area contributed by atoms with Crippen molar-refractivity contribution in [1.29, 1.82) is 0 Å². The smallest absolute Gasteiger partial charge is 0.140 e. The van der Waals surface area contributed by atoms with Crippen LogP contribution >= 0.6 is 15.9 Å². The summed E-state index contributed by atoms with van der Waals surface area (Å²) in [6, 6.07) is 8.24. The lowest BCUT2D eigenvalue weighted by atomic mass is 10.3. The van der Waals surface area contributed by atoms with Crippen molar-refractivity contribution < 1.29 is 4.74 Å². The number of hydrogen-bond acceptors (Lipinski definition) is 4. The maximum atomic E-state index is 5.70. The fourth-order valence-corrected chi connectivity index (χ4v) is 2.09. The number of benzene rings is 1. The fourth-order valence-electron chi connectivity index (χ4n) is 1.71. The van der Waals surface area contributed by atoms with Crippen molar-refractivity contribution >= 4 is 15.9 Å². The summed E-state index contributed by atoms with van der Waals surface area (Å²) in [5.74, 6) is 1.78. The minimum atomic E-state index is 0.429. The van der Waals surface area contributed by atoms with Gasteiger partial charge in [-0.05, 0) is 18.2 Å². The molecule has 1 aromatic carbocycles. The molecule has 0 atom stereocenters. The Morgan fingerprint density at radius 3 is 3.00 bits per heavy atom. The highest BCUT2D eigenvalue weighted by Crippen LogP contribution is 2.17. The third-order valence-electron chi connectivity index (χ3n) is 2.73. The summed E-state index contributed by atoms with van der Waals surface area (Å²) in [6.07, 6.45) is 1.58. The Bertz CT molecular complexity index is 541. The Hall–Kier alpha value is -1.40. The number of halogens is 1. The highest BCUT2D eigenvalue weighted by Gasteiger charge is 2.05. The summed E-state index contributed by atoms with van der Waals surface area (Å²) in [5, 5.41) is 7.55. The van der Waals surface area contributed by atoms with Crippen LogP contribution in [0.5, 0.6) is 5.75 Å². The van der Waals surface area contributed by atoms with Crippen molar-refractivity contribution in [1.82, 2.24) is 20.1 Å². The van der Waals surface area contributed by atoms with Crippen molar-refractivity contribution in [2.24, 2.45) is 0 Å². The van der Waals surface area contributed by atoms with Crippen molar-refractivity contribution in [2.45, 2.75) is 33.0 Å². The average molecular weight is 339 g/mol. The Balaban J connectivity index is 1.83. The maximum absolute atomic E-state index is 5.70. The van der Waals surface area contributed by atoms with E-state index in [0.29, 0.717) is 25.7 Å². The van der Waals surface area contributed by atoms with Gasteiger partial charge in [0.15, 0.2) is 0 Å². The van der Waals surface area contributed by atoms with E-state index in [9.17, 15) is 0 Å². The van der Waals surface area contributed by atoms with Crippen LogP contribution < -0.4 is 10.1 Å². The predicted octanol–water partition coefficient (Wildman–Crippen LogP) is 2.62. The minimum absolute atomic E-state index is 0.429. The first kappa shape index (κ1) is 15.0. The van der Waals surface area contributed by atoms with Crippen LogP contribution in [-0.4, -0.2) is 27.4 Å². The summed E-state index contributed by atoms with van der Waals surface area (Å²) in [4.78, 5) is 4.25. The molecule has 0 aliphatic carbocycles. The Labute approximate surface area is 127 Å². The summed E-state index contributed by atoms with van der Waals surface area (Å²) in [5.41, 5.74) is 0. The zero-order valence-electron chi connectivity index (χ0n) is 11.7. The second-order valence-electron chi connectivity index (χ2n) is 4.74.